The summed E-state index contributed by atoms with van der Waals surface area (Å²) in [6, 6.07) is 8.20. The number of hydrogen-bond acceptors (Lipinski definition) is 4. The highest BCUT2D eigenvalue weighted by molar-refractivity contribution is 5.57. The van der Waals surface area contributed by atoms with Crippen LogP contribution in [0.3, 0.4) is 0 Å². The molecule has 1 aliphatic rings. The summed E-state index contributed by atoms with van der Waals surface area (Å²) in [7, 11) is 0. The summed E-state index contributed by atoms with van der Waals surface area (Å²) in [5, 5.41) is 0. The van der Waals surface area contributed by atoms with Gasteiger partial charge in [0, 0.05) is 23.2 Å². The van der Waals surface area contributed by atoms with Crippen LogP contribution in [0.25, 0.3) is 11.4 Å². The average Bonchev–Trinajstić information content (AvgIpc) is 3.01. The first-order valence-corrected chi connectivity index (χ1v) is 6.88. The molecule has 3 rings (SSSR count). The summed E-state index contributed by atoms with van der Waals surface area (Å²) < 4.78 is 13.3. The lowest BCUT2D eigenvalue weighted by atomic mass is 10.0. The van der Waals surface area contributed by atoms with E-state index in [0.717, 1.165) is 18.5 Å². The molecule has 0 radical (unpaired) electrons. The largest absolute Gasteiger partial charge is 0.308 e. The number of nitrogens with one attached hydrogen (secondary N) is 1. The Kier molecular flexibility index (Phi) is 3.60. The fourth-order valence-corrected chi connectivity index (χ4v) is 2.73. The van der Waals surface area contributed by atoms with Crippen LogP contribution in [0.5, 0.6) is 0 Å². The molecule has 1 saturated carbocycles. The molecule has 0 aliphatic heterocycles. The molecule has 0 unspecified atom stereocenters. The van der Waals surface area contributed by atoms with Gasteiger partial charge in [0.15, 0.2) is 5.82 Å². The smallest absolute Gasteiger partial charge is 0.161 e. The van der Waals surface area contributed by atoms with Crippen molar-refractivity contribution >= 4 is 5.82 Å². The van der Waals surface area contributed by atoms with Gasteiger partial charge in [-0.05, 0) is 25.0 Å². The first-order valence-electron chi connectivity index (χ1n) is 6.88. The highest BCUT2D eigenvalue weighted by atomic mass is 19.1. The summed E-state index contributed by atoms with van der Waals surface area (Å²) in [6.07, 6.45) is 4.75. The van der Waals surface area contributed by atoms with Crippen LogP contribution in [0.4, 0.5) is 10.2 Å². The van der Waals surface area contributed by atoms with Gasteiger partial charge in [-0.1, -0.05) is 25.0 Å². The lowest BCUT2D eigenvalue weighted by Crippen LogP contribution is -2.11. The van der Waals surface area contributed by atoms with Crippen LogP contribution in [0.15, 0.2) is 30.3 Å². The zero-order chi connectivity index (χ0) is 13.9. The minimum absolute atomic E-state index is 0.292. The van der Waals surface area contributed by atoms with E-state index in [2.05, 4.69) is 15.4 Å². The molecule has 20 heavy (non-hydrogen) atoms. The highest BCUT2D eigenvalue weighted by Crippen LogP contribution is 2.34. The van der Waals surface area contributed by atoms with Crippen molar-refractivity contribution in [3.8, 4) is 11.4 Å². The van der Waals surface area contributed by atoms with Crippen LogP contribution in [0, 0.1) is 5.82 Å². The number of halogens is 1. The predicted molar refractivity (Wildman–Crippen MR) is 76.4 cm³/mol. The van der Waals surface area contributed by atoms with Gasteiger partial charge in [0.2, 0.25) is 0 Å². The molecule has 2 aromatic rings. The van der Waals surface area contributed by atoms with E-state index in [-0.39, 0.29) is 5.82 Å². The lowest BCUT2D eigenvalue weighted by Gasteiger charge is -2.12. The Morgan fingerprint density at radius 2 is 1.95 bits per heavy atom. The number of nitrogens with two attached hydrogens (primary N) is 1. The first-order chi connectivity index (χ1) is 9.76. The molecule has 0 atom stereocenters. The number of benzene rings is 1. The topological polar surface area (TPSA) is 63.8 Å². The van der Waals surface area contributed by atoms with Crippen LogP contribution in [0.2, 0.25) is 0 Å². The minimum Gasteiger partial charge on any atom is -0.308 e. The third-order valence-electron chi connectivity index (χ3n) is 3.75. The van der Waals surface area contributed by atoms with Gasteiger partial charge < -0.3 is 5.43 Å². The second kappa shape index (κ2) is 5.54. The zero-order valence-corrected chi connectivity index (χ0v) is 11.1. The van der Waals surface area contributed by atoms with E-state index in [1.165, 1.54) is 25.0 Å². The molecule has 0 bridgehead atoms. The van der Waals surface area contributed by atoms with E-state index < -0.39 is 0 Å². The van der Waals surface area contributed by atoms with Gasteiger partial charge in [-0.15, -0.1) is 0 Å². The van der Waals surface area contributed by atoms with Crippen LogP contribution >= 0.6 is 0 Å². The Morgan fingerprint density at radius 3 is 2.65 bits per heavy atom. The average molecular weight is 272 g/mol. The third kappa shape index (κ3) is 2.63. The molecule has 0 spiro atoms. The van der Waals surface area contributed by atoms with Crippen molar-refractivity contribution in [3.05, 3.63) is 41.8 Å². The number of aromatic nitrogens is 2. The Bertz CT molecular complexity index is 609. The van der Waals surface area contributed by atoms with Gasteiger partial charge in [-0.3, -0.25) is 0 Å². The normalized spacial score (nSPS) is 15.5. The molecule has 1 heterocycles. The van der Waals surface area contributed by atoms with Gasteiger partial charge in [-0.2, -0.15) is 0 Å². The third-order valence-corrected chi connectivity index (χ3v) is 3.75. The lowest BCUT2D eigenvalue weighted by molar-refractivity contribution is 0.628. The molecule has 5 heteroatoms. The molecular weight excluding hydrogens is 255 g/mol. The SMILES string of the molecule is NNc1cc(C2CCCC2)nc(-c2cccc(F)c2)n1. The summed E-state index contributed by atoms with van der Waals surface area (Å²) in [4.78, 5) is 8.92. The van der Waals surface area contributed by atoms with Crippen LogP contribution in [0.1, 0.15) is 37.3 Å². The fraction of sp³-hybridized carbons (Fsp3) is 0.333. The van der Waals surface area contributed by atoms with Crippen molar-refractivity contribution in [2.45, 2.75) is 31.6 Å². The minimum atomic E-state index is -0.292. The Hall–Kier alpha value is -2.01. The number of nitrogens with zero attached hydrogens (tertiary/aromatic N) is 2. The van der Waals surface area contributed by atoms with E-state index in [4.69, 9.17) is 5.84 Å². The maximum Gasteiger partial charge on any atom is 0.161 e. The number of nitrogen functional groups attached to an aromatic ring is 1. The Balaban J connectivity index is 2.03. The van der Waals surface area contributed by atoms with Gasteiger partial charge in [0.25, 0.3) is 0 Å². The number of rotatable bonds is 3. The van der Waals surface area contributed by atoms with E-state index in [1.807, 2.05) is 6.07 Å². The van der Waals surface area contributed by atoms with Gasteiger partial charge in [-0.25, -0.2) is 20.2 Å². The molecular formula is C15H17FN4. The van der Waals surface area contributed by atoms with Gasteiger partial charge in [0.1, 0.15) is 11.6 Å². The van der Waals surface area contributed by atoms with E-state index >= 15 is 0 Å². The number of anilines is 1. The van der Waals surface area contributed by atoms with Crippen LogP contribution < -0.4 is 11.3 Å². The van der Waals surface area contributed by atoms with Crippen LogP contribution in [-0.2, 0) is 0 Å². The molecule has 0 saturated heterocycles. The number of hydrogen-bond donors (Lipinski definition) is 2. The van der Waals surface area contributed by atoms with Crippen molar-refractivity contribution in [1.82, 2.24) is 9.97 Å². The highest BCUT2D eigenvalue weighted by Gasteiger charge is 2.20. The van der Waals surface area contributed by atoms with Gasteiger partial charge >= 0.3 is 0 Å². The molecule has 1 aliphatic carbocycles. The monoisotopic (exact) mass is 272 g/mol. The van der Waals surface area contributed by atoms with Crippen LogP contribution in [-0.4, -0.2) is 9.97 Å². The number of hydrazine groups is 1. The van der Waals surface area contributed by atoms with Crippen molar-refractivity contribution < 1.29 is 4.39 Å². The predicted octanol–water partition coefficient (Wildman–Crippen LogP) is 3.23. The van der Waals surface area contributed by atoms with E-state index in [9.17, 15) is 4.39 Å². The van der Waals surface area contributed by atoms with E-state index in [0.29, 0.717) is 23.1 Å². The molecule has 1 aromatic heterocycles. The molecule has 0 amide bonds. The Morgan fingerprint density at radius 1 is 1.15 bits per heavy atom. The molecule has 104 valence electrons. The molecule has 1 aromatic carbocycles. The summed E-state index contributed by atoms with van der Waals surface area (Å²) in [6.45, 7) is 0. The van der Waals surface area contributed by atoms with Crippen molar-refractivity contribution in [2.24, 2.45) is 5.84 Å². The van der Waals surface area contributed by atoms with E-state index in [1.54, 1.807) is 12.1 Å². The fourth-order valence-electron chi connectivity index (χ4n) is 2.73. The molecule has 1 fully saturated rings. The molecule has 3 N–H and O–H groups in total. The van der Waals surface area contributed by atoms with Gasteiger partial charge in [0.05, 0.1) is 0 Å². The van der Waals surface area contributed by atoms with Crippen molar-refractivity contribution in [1.29, 1.82) is 0 Å². The summed E-state index contributed by atoms with van der Waals surface area (Å²) in [5.41, 5.74) is 4.23. The molecule has 4 nitrogen and oxygen atoms in total. The first kappa shape index (κ1) is 13.0. The second-order valence-electron chi connectivity index (χ2n) is 5.14. The maximum atomic E-state index is 13.3. The maximum absolute atomic E-state index is 13.3. The quantitative estimate of drug-likeness (QED) is 0.665. The summed E-state index contributed by atoms with van der Waals surface area (Å²) in [5.74, 6) is 6.73. The van der Waals surface area contributed by atoms with Crippen molar-refractivity contribution in [2.75, 3.05) is 5.43 Å². The summed E-state index contributed by atoms with van der Waals surface area (Å²) >= 11 is 0. The standard InChI is InChI=1S/C15H17FN4/c16-12-7-3-6-11(8-12)15-18-13(9-14(19-15)20-17)10-4-1-2-5-10/h3,6-10H,1-2,4-5,17H2,(H,18,19,20). The Labute approximate surface area is 117 Å². The van der Waals surface area contributed by atoms with Crippen molar-refractivity contribution in [3.63, 3.8) is 0 Å². The second-order valence-corrected chi connectivity index (χ2v) is 5.14. The zero-order valence-electron chi connectivity index (χ0n) is 11.1.